The number of carbonyl (C=O) groups excluding carboxylic acids is 1. The molecule has 80 valence electrons. The standard InChI is InChI=1S/C13H16O2/c1-8(2)9-5-6-11-10(7-9)12(14)13(3,4)15-11/h5-8H,1-4H3. The lowest BCUT2D eigenvalue weighted by Crippen LogP contribution is -2.31. The van der Waals surface area contributed by atoms with Crippen molar-refractivity contribution < 1.29 is 9.53 Å². The molecule has 0 saturated carbocycles. The summed E-state index contributed by atoms with van der Waals surface area (Å²) in [6.07, 6.45) is 0. The van der Waals surface area contributed by atoms with E-state index in [1.807, 2.05) is 32.0 Å². The number of ketones is 1. The van der Waals surface area contributed by atoms with Crippen molar-refractivity contribution in [3.63, 3.8) is 0 Å². The van der Waals surface area contributed by atoms with Crippen LogP contribution in [0, 0.1) is 0 Å². The van der Waals surface area contributed by atoms with E-state index in [0.29, 0.717) is 5.92 Å². The third-order valence-corrected chi connectivity index (χ3v) is 2.83. The summed E-state index contributed by atoms with van der Waals surface area (Å²) >= 11 is 0. The molecule has 1 aromatic carbocycles. The van der Waals surface area contributed by atoms with Gasteiger partial charge in [-0.25, -0.2) is 0 Å². The molecule has 1 heterocycles. The Kier molecular flexibility index (Phi) is 2.10. The maximum atomic E-state index is 12.0. The van der Waals surface area contributed by atoms with Crippen molar-refractivity contribution in [3.05, 3.63) is 29.3 Å². The van der Waals surface area contributed by atoms with Gasteiger partial charge in [0.15, 0.2) is 5.60 Å². The molecule has 1 aliphatic rings. The Hall–Kier alpha value is -1.31. The average Bonchev–Trinajstić information content (AvgIpc) is 2.37. The predicted octanol–water partition coefficient (Wildman–Crippen LogP) is 3.16. The fourth-order valence-electron chi connectivity index (χ4n) is 1.82. The Bertz CT molecular complexity index is 417. The monoisotopic (exact) mass is 204 g/mol. The van der Waals surface area contributed by atoms with E-state index in [1.165, 1.54) is 5.56 Å². The molecule has 0 amide bonds. The van der Waals surface area contributed by atoms with Crippen molar-refractivity contribution in [2.24, 2.45) is 0 Å². The molecule has 0 radical (unpaired) electrons. The summed E-state index contributed by atoms with van der Waals surface area (Å²) in [4.78, 5) is 12.0. The van der Waals surface area contributed by atoms with Gasteiger partial charge in [0.2, 0.25) is 5.78 Å². The number of rotatable bonds is 1. The first-order chi connectivity index (χ1) is 6.92. The molecule has 0 aliphatic carbocycles. The average molecular weight is 204 g/mol. The Morgan fingerprint density at radius 1 is 1.27 bits per heavy atom. The number of hydrogen-bond donors (Lipinski definition) is 0. The summed E-state index contributed by atoms with van der Waals surface area (Å²) in [5.74, 6) is 1.24. The molecule has 0 N–H and O–H groups in total. The van der Waals surface area contributed by atoms with Crippen molar-refractivity contribution >= 4 is 5.78 Å². The summed E-state index contributed by atoms with van der Waals surface area (Å²) in [5.41, 5.74) is 1.22. The topological polar surface area (TPSA) is 26.3 Å². The Morgan fingerprint density at radius 3 is 2.53 bits per heavy atom. The van der Waals surface area contributed by atoms with Crippen LogP contribution in [0.5, 0.6) is 5.75 Å². The van der Waals surface area contributed by atoms with Crippen LogP contribution < -0.4 is 4.74 Å². The second-order valence-electron chi connectivity index (χ2n) is 4.85. The van der Waals surface area contributed by atoms with E-state index in [0.717, 1.165) is 11.3 Å². The lowest BCUT2D eigenvalue weighted by atomic mass is 9.95. The number of hydrogen-bond acceptors (Lipinski definition) is 2. The first-order valence-electron chi connectivity index (χ1n) is 5.29. The second kappa shape index (κ2) is 3.09. The third-order valence-electron chi connectivity index (χ3n) is 2.83. The highest BCUT2D eigenvalue weighted by Gasteiger charge is 2.39. The van der Waals surface area contributed by atoms with Gasteiger partial charge in [-0.05, 0) is 37.5 Å². The van der Waals surface area contributed by atoms with Crippen molar-refractivity contribution in [1.82, 2.24) is 0 Å². The van der Waals surface area contributed by atoms with Crippen LogP contribution in [0.4, 0.5) is 0 Å². The molecular formula is C13H16O2. The normalized spacial score (nSPS) is 17.8. The van der Waals surface area contributed by atoms with Gasteiger partial charge in [-0.1, -0.05) is 19.9 Å². The van der Waals surface area contributed by atoms with Crippen LogP contribution in [-0.2, 0) is 0 Å². The molecule has 2 heteroatoms. The van der Waals surface area contributed by atoms with E-state index in [1.54, 1.807) is 0 Å². The molecule has 2 nitrogen and oxygen atoms in total. The molecule has 0 atom stereocenters. The molecule has 0 spiro atoms. The Balaban J connectivity index is 2.49. The lowest BCUT2D eigenvalue weighted by molar-refractivity contribution is 0.0684. The zero-order valence-corrected chi connectivity index (χ0v) is 9.63. The molecular weight excluding hydrogens is 188 g/mol. The van der Waals surface area contributed by atoms with E-state index in [2.05, 4.69) is 13.8 Å². The van der Waals surface area contributed by atoms with Gasteiger partial charge >= 0.3 is 0 Å². The van der Waals surface area contributed by atoms with Crippen LogP contribution in [0.3, 0.4) is 0 Å². The number of benzene rings is 1. The van der Waals surface area contributed by atoms with Gasteiger partial charge in [0.05, 0.1) is 5.56 Å². The van der Waals surface area contributed by atoms with Gasteiger partial charge in [0.25, 0.3) is 0 Å². The highest BCUT2D eigenvalue weighted by molar-refractivity contribution is 6.07. The molecule has 2 rings (SSSR count). The van der Waals surface area contributed by atoms with E-state index < -0.39 is 5.60 Å². The minimum Gasteiger partial charge on any atom is -0.479 e. The van der Waals surface area contributed by atoms with Crippen LogP contribution in [0.25, 0.3) is 0 Å². The zero-order chi connectivity index (χ0) is 11.2. The second-order valence-corrected chi connectivity index (χ2v) is 4.85. The van der Waals surface area contributed by atoms with Gasteiger partial charge in [0.1, 0.15) is 5.75 Å². The zero-order valence-electron chi connectivity index (χ0n) is 9.63. The van der Waals surface area contributed by atoms with Crippen LogP contribution in [0.1, 0.15) is 49.5 Å². The molecule has 0 bridgehead atoms. The first-order valence-corrected chi connectivity index (χ1v) is 5.29. The van der Waals surface area contributed by atoms with Crippen molar-refractivity contribution in [2.45, 2.75) is 39.2 Å². The molecule has 1 aliphatic heterocycles. The van der Waals surface area contributed by atoms with Crippen LogP contribution in [0.15, 0.2) is 18.2 Å². The number of carbonyl (C=O) groups is 1. The maximum absolute atomic E-state index is 12.0. The first kappa shape index (κ1) is 10.2. The minimum absolute atomic E-state index is 0.0833. The largest absolute Gasteiger partial charge is 0.479 e. The van der Waals surface area contributed by atoms with Crippen molar-refractivity contribution in [3.8, 4) is 5.75 Å². The van der Waals surface area contributed by atoms with E-state index in [9.17, 15) is 4.79 Å². The molecule has 0 aromatic heterocycles. The van der Waals surface area contributed by atoms with Gasteiger partial charge in [0, 0.05) is 0 Å². The summed E-state index contributed by atoms with van der Waals surface area (Å²) in [6, 6.07) is 5.88. The smallest absolute Gasteiger partial charge is 0.209 e. The minimum atomic E-state index is -0.696. The molecule has 1 aromatic rings. The fraction of sp³-hybridized carbons (Fsp3) is 0.462. The van der Waals surface area contributed by atoms with Crippen LogP contribution in [-0.4, -0.2) is 11.4 Å². The molecule has 0 fully saturated rings. The maximum Gasteiger partial charge on any atom is 0.209 e. The van der Waals surface area contributed by atoms with E-state index >= 15 is 0 Å². The molecule has 0 saturated heterocycles. The van der Waals surface area contributed by atoms with E-state index in [4.69, 9.17) is 4.74 Å². The van der Waals surface area contributed by atoms with Gasteiger partial charge < -0.3 is 4.74 Å². The SMILES string of the molecule is CC(C)c1ccc2c(c1)C(=O)C(C)(C)O2. The quantitative estimate of drug-likeness (QED) is 0.702. The predicted molar refractivity (Wildman–Crippen MR) is 59.6 cm³/mol. The summed E-state index contributed by atoms with van der Waals surface area (Å²) in [6.45, 7) is 7.86. The summed E-state index contributed by atoms with van der Waals surface area (Å²) in [7, 11) is 0. The third kappa shape index (κ3) is 1.54. The van der Waals surface area contributed by atoms with Crippen molar-refractivity contribution in [1.29, 1.82) is 0 Å². The number of fused-ring (bicyclic) bond motifs is 1. The Morgan fingerprint density at radius 2 is 1.93 bits per heavy atom. The van der Waals surface area contributed by atoms with E-state index in [-0.39, 0.29) is 5.78 Å². The van der Waals surface area contributed by atoms with Gasteiger partial charge in [-0.3, -0.25) is 4.79 Å². The van der Waals surface area contributed by atoms with Crippen LogP contribution in [0.2, 0.25) is 0 Å². The molecule has 15 heavy (non-hydrogen) atoms. The number of ether oxygens (including phenoxy) is 1. The van der Waals surface area contributed by atoms with Crippen molar-refractivity contribution in [2.75, 3.05) is 0 Å². The summed E-state index contributed by atoms with van der Waals surface area (Å²) < 4.78 is 5.59. The van der Waals surface area contributed by atoms with Gasteiger partial charge in [-0.2, -0.15) is 0 Å². The number of Topliss-reactive ketones (excluding diaryl/α,β-unsaturated/α-hetero) is 1. The van der Waals surface area contributed by atoms with Crippen LogP contribution >= 0.6 is 0 Å². The Labute approximate surface area is 90.3 Å². The fourth-order valence-corrected chi connectivity index (χ4v) is 1.82. The highest BCUT2D eigenvalue weighted by atomic mass is 16.5. The summed E-state index contributed by atoms with van der Waals surface area (Å²) in [5, 5.41) is 0. The highest BCUT2D eigenvalue weighted by Crippen LogP contribution is 2.36. The lowest BCUT2D eigenvalue weighted by Gasteiger charge is -2.14. The van der Waals surface area contributed by atoms with Gasteiger partial charge in [-0.15, -0.1) is 0 Å². The molecule has 0 unspecified atom stereocenters.